The van der Waals surface area contributed by atoms with E-state index in [9.17, 15) is 4.79 Å². The van der Waals surface area contributed by atoms with Crippen LogP contribution < -0.4 is 5.73 Å². The molecule has 182 valence electrons. The fourth-order valence-electron chi connectivity index (χ4n) is 5.55. The van der Waals surface area contributed by atoms with Gasteiger partial charge in [0, 0.05) is 31.1 Å². The van der Waals surface area contributed by atoms with Gasteiger partial charge in [0.05, 0.1) is 0 Å². The molecule has 0 saturated carbocycles. The summed E-state index contributed by atoms with van der Waals surface area (Å²) in [4.78, 5) is 20.3. The molecule has 2 N–H and O–H groups in total. The molecule has 0 atom stereocenters. The average Bonchev–Trinajstić information content (AvgIpc) is 2.80. The molecular weight excluding hydrogens is 443 g/mol. The molecule has 5 nitrogen and oxygen atoms in total. The Morgan fingerprint density at radius 2 is 1.47 bits per heavy atom. The van der Waals surface area contributed by atoms with Crippen LogP contribution in [-0.2, 0) is 11.2 Å². The second kappa shape index (κ2) is 13.8. The van der Waals surface area contributed by atoms with Gasteiger partial charge in [-0.15, -0.1) is 24.8 Å². The highest BCUT2D eigenvalue weighted by Gasteiger charge is 2.33. The molecule has 0 radical (unpaired) electrons. The molecule has 1 aromatic carbocycles. The Morgan fingerprint density at radius 3 is 2.09 bits per heavy atom. The van der Waals surface area contributed by atoms with Gasteiger partial charge >= 0.3 is 0 Å². The van der Waals surface area contributed by atoms with Crippen molar-refractivity contribution in [3.63, 3.8) is 0 Å². The first-order valence-electron chi connectivity index (χ1n) is 12.2. The third-order valence-electron chi connectivity index (χ3n) is 7.59. The van der Waals surface area contributed by atoms with Crippen molar-refractivity contribution in [2.45, 2.75) is 63.5 Å². The van der Waals surface area contributed by atoms with Gasteiger partial charge < -0.3 is 20.4 Å². The number of hydrogen-bond donors (Lipinski definition) is 1. The van der Waals surface area contributed by atoms with Crippen LogP contribution in [0, 0.1) is 5.92 Å². The van der Waals surface area contributed by atoms with Gasteiger partial charge in [-0.3, -0.25) is 4.79 Å². The van der Waals surface area contributed by atoms with E-state index in [0.29, 0.717) is 11.9 Å². The Bertz CT molecular complexity index is 653. The summed E-state index contributed by atoms with van der Waals surface area (Å²) < 4.78 is 0. The molecular formula is C25H42Cl2N4O. The van der Waals surface area contributed by atoms with Gasteiger partial charge in [0.1, 0.15) is 0 Å². The third kappa shape index (κ3) is 7.59. The largest absolute Gasteiger partial charge is 0.342 e. The van der Waals surface area contributed by atoms with Crippen molar-refractivity contribution in [1.82, 2.24) is 14.7 Å². The summed E-state index contributed by atoms with van der Waals surface area (Å²) in [6, 6.07) is 11.9. The van der Waals surface area contributed by atoms with Crippen molar-refractivity contribution in [3.05, 3.63) is 35.9 Å². The maximum atomic E-state index is 12.8. The standard InChI is InChI=1S/C25H40N4O.2ClH/c26-23-10-19-29(20-11-23)25(30)22-8-17-28(18-9-22)24-12-15-27(16-13-24)14-4-7-21-5-2-1-3-6-21;;/h1-3,5-6,22-24H,4,7-20,26H2;2*1H. The van der Waals surface area contributed by atoms with Crippen molar-refractivity contribution in [2.75, 3.05) is 45.8 Å². The van der Waals surface area contributed by atoms with Crippen molar-refractivity contribution in [1.29, 1.82) is 0 Å². The summed E-state index contributed by atoms with van der Waals surface area (Å²) in [5.41, 5.74) is 7.45. The summed E-state index contributed by atoms with van der Waals surface area (Å²) in [6.45, 7) is 7.60. The van der Waals surface area contributed by atoms with E-state index in [0.717, 1.165) is 57.9 Å². The average molecular weight is 486 g/mol. The number of hydrogen-bond acceptors (Lipinski definition) is 4. The molecule has 3 heterocycles. The van der Waals surface area contributed by atoms with Crippen LogP contribution in [0.2, 0.25) is 0 Å². The zero-order valence-electron chi connectivity index (χ0n) is 19.4. The zero-order valence-corrected chi connectivity index (χ0v) is 21.0. The number of halogens is 2. The molecule has 0 bridgehead atoms. The Kier molecular flexibility index (Phi) is 11.8. The van der Waals surface area contributed by atoms with Crippen LogP contribution in [0.3, 0.4) is 0 Å². The fraction of sp³-hybridized carbons (Fsp3) is 0.720. The Hall–Kier alpha value is -0.850. The van der Waals surface area contributed by atoms with Gasteiger partial charge in [-0.05, 0) is 89.7 Å². The summed E-state index contributed by atoms with van der Waals surface area (Å²) >= 11 is 0. The summed E-state index contributed by atoms with van der Waals surface area (Å²) in [5.74, 6) is 0.642. The molecule has 7 heteroatoms. The van der Waals surface area contributed by atoms with E-state index in [1.54, 1.807) is 0 Å². The van der Waals surface area contributed by atoms with E-state index in [1.165, 1.54) is 50.9 Å². The molecule has 32 heavy (non-hydrogen) atoms. The molecule has 1 aromatic rings. The molecule has 0 aromatic heterocycles. The minimum atomic E-state index is 0. The number of carbonyl (C=O) groups is 1. The molecule has 0 spiro atoms. The van der Waals surface area contributed by atoms with Crippen LogP contribution in [0.4, 0.5) is 0 Å². The number of rotatable bonds is 6. The number of piperidine rings is 3. The molecule has 0 unspecified atom stereocenters. The number of nitrogens with zero attached hydrogens (tertiary/aromatic N) is 3. The first kappa shape index (κ1) is 27.4. The van der Waals surface area contributed by atoms with Crippen molar-refractivity contribution in [3.8, 4) is 0 Å². The predicted octanol–water partition coefficient (Wildman–Crippen LogP) is 3.59. The number of nitrogens with two attached hydrogens (primary N) is 1. The molecule has 3 aliphatic rings. The van der Waals surface area contributed by atoms with Crippen LogP contribution in [0.15, 0.2) is 30.3 Å². The number of amides is 1. The van der Waals surface area contributed by atoms with E-state index in [2.05, 4.69) is 45.0 Å². The molecule has 3 saturated heterocycles. The van der Waals surface area contributed by atoms with E-state index in [-0.39, 0.29) is 30.7 Å². The molecule has 0 aliphatic carbocycles. The topological polar surface area (TPSA) is 52.8 Å². The Balaban J connectivity index is 0.00000181. The summed E-state index contributed by atoms with van der Waals surface area (Å²) in [7, 11) is 0. The highest BCUT2D eigenvalue weighted by atomic mass is 35.5. The minimum Gasteiger partial charge on any atom is -0.342 e. The maximum absolute atomic E-state index is 12.8. The molecule has 1 amide bonds. The number of benzene rings is 1. The van der Waals surface area contributed by atoms with E-state index in [1.807, 2.05) is 0 Å². The zero-order chi connectivity index (χ0) is 20.8. The highest BCUT2D eigenvalue weighted by molar-refractivity contribution is 5.85. The van der Waals surface area contributed by atoms with Crippen molar-refractivity contribution >= 4 is 30.7 Å². The van der Waals surface area contributed by atoms with Gasteiger partial charge in [0.25, 0.3) is 0 Å². The smallest absolute Gasteiger partial charge is 0.225 e. The van der Waals surface area contributed by atoms with Gasteiger partial charge in [-0.25, -0.2) is 0 Å². The molecule has 3 aliphatic heterocycles. The lowest BCUT2D eigenvalue weighted by molar-refractivity contribution is -0.138. The van der Waals surface area contributed by atoms with Gasteiger partial charge in [0.2, 0.25) is 5.91 Å². The van der Waals surface area contributed by atoms with E-state index in [4.69, 9.17) is 5.73 Å². The number of likely N-dealkylation sites (tertiary alicyclic amines) is 3. The van der Waals surface area contributed by atoms with E-state index < -0.39 is 0 Å². The van der Waals surface area contributed by atoms with Gasteiger partial charge in [-0.2, -0.15) is 0 Å². The summed E-state index contributed by atoms with van der Waals surface area (Å²) in [6.07, 6.45) is 9.02. The highest BCUT2D eigenvalue weighted by Crippen LogP contribution is 2.26. The first-order valence-corrected chi connectivity index (χ1v) is 12.2. The second-order valence-corrected chi connectivity index (χ2v) is 9.63. The predicted molar refractivity (Wildman–Crippen MR) is 137 cm³/mol. The van der Waals surface area contributed by atoms with Gasteiger partial charge in [-0.1, -0.05) is 30.3 Å². The van der Waals surface area contributed by atoms with Crippen LogP contribution in [0.1, 0.15) is 50.5 Å². The van der Waals surface area contributed by atoms with Crippen LogP contribution in [0.25, 0.3) is 0 Å². The lowest BCUT2D eigenvalue weighted by Crippen LogP contribution is -2.51. The van der Waals surface area contributed by atoms with E-state index >= 15 is 0 Å². The van der Waals surface area contributed by atoms with Crippen molar-refractivity contribution < 1.29 is 4.79 Å². The Labute approximate surface area is 206 Å². The second-order valence-electron chi connectivity index (χ2n) is 9.63. The lowest BCUT2D eigenvalue weighted by atomic mass is 9.91. The summed E-state index contributed by atoms with van der Waals surface area (Å²) in [5, 5.41) is 0. The number of carbonyl (C=O) groups excluding carboxylic acids is 1. The Morgan fingerprint density at radius 1 is 0.844 bits per heavy atom. The fourth-order valence-corrected chi connectivity index (χ4v) is 5.55. The van der Waals surface area contributed by atoms with Crippen LogP contribution in [0.5, 0.6) is 0 Å². The molecule has 4 rings (SSSR count). The third-order valence-corrected chi connectivity index (χ3v) is 7.59. The minimum absolute atomic E-state index is 0. The molecule has 3 fully saturated rings. The first-order chi connectivity index (χ1) is 14.7. The lowest BCUT2D eigenvalue weighted by Gasteiger charge is -2.42. The monoisotopic (exact) mass is 484 g/mol. The van der Waals surface area contributed by atoms with Crippen LogP contribution in [-0.4, -0.2) is 78.5 Å². The quantitative estimate of drug-likeness (QED) is 0.669. The van der Waals surface area contributed by atoms with Crippen molar-refractivity contribution in [2.24, 2.45) is 11.7 Å². The van der Waals surface area contributed by atoms with Crippen LogP contribution >= 0.6 is 24.8 Å². The SMILES string of the molecule is Cl.Cl.NC1CCN(C(=O)C2CCN(C3CCN(CCCc4ccccc4)CC3)CC2)CC1. The van der Waals surface area contributed by atoms with Gasteiger partial charge in [0.15, 0.2) is 0 Å². The normalized spacial score (nSPS) is 22.2. The number of aryl methyl sites for hydroxylation is 1. The maximum Gasteiger partial charge on any atom is 0.225 e.